The molecule has 2 heterocycles. The van der Waals surface area contributed by atoms with Crippen LogP contribution in [0, 0.1) is 5.92 Å². The number of hydrogen-bond acceptors (Lipinski definition) is 7. The summed E-state index contributed by atoms with van der Waals surface area (Å²) in [7, 11) is 0. The van der Waals surface area contributed by atoms with Crippen molar-refractivity contribution in [1.29, 1.82) is 0 Å². The lowest BCUT2D eigenvalue weighted by atomic mass is 10.0. The van der Waals surface area contributed by atoms with Crippen LogP contribution in [0.25, 0.3) is 0 Å². The fourth-order valence-corrected chi connectivity index (χ4v) is 3.01. The summed E-state index contributed by atoms with van der Waals surface area (Å²) >= 11 is 0. The zero-order valence-electron chi connectivity index (χ0n) is 15.9. The van der Waals surface area contributed by atoms with Crippen molar-refractivity contribution in [3.8, 4) is 0 Å². The van der Waals surface area contributed by atoms with Gasteiger partial charge in [0.25, 0.3) is 0 Å². The molecule has 0 bridgehead atoms. The van der Waals surface area contributed by atoms with Crippen molar-refractivity contribution in [2.24, 2.45) is 10.9 Å². The molecule has 0 aromatic carbocycles. The van der Waals surface area contributed by atoms with Gasteiger partial charge in [-0.05, 0) is 12.3 Å². The van der Waals surface area contributed by atoms with Crippen LogP contribution in [0.15, 0.2) is 4.99 Å². The van der Waals surface area contributed by atoms with E-state index in [9.17, 15) is 14.7 Å². The van der Waals surface area contributed by atoms with Gasteiger partial charge in [-0.15, -0.1) is 0 Å². The molecule has 0 saturated carbocycles. The van der Waals surface area contributed by atoms with E-state index in [1.54, 1.807) is 0 Å². The molecule has 10 heteroatoms. The first-order chi connectivity index (χ1) is 13.0. The molecule has 4 unspecified atom stereocenters. The van der Waals surface area contributed by atoms with Gasteiger partial charge in [0.2, 0.25) is 5.96 Å². The second-order valence-corrected chi connectivity index (χ2v) is 6.80. The van der Waals surface area contributed by atoms with Gasteiger partial charge in [-0.25, -0.2) is 14.6 Å². The summed E-state index contributed by atoms with van der Waals surface area (Å²) in [5, 5.41) is 23.8. The maximum absolute atomic E-state index is 12.2. The largest absolute Gasteiger partial charge is 0.449 e. The zero-order valence-corrected chi connectivity index (χ0v) is 15.9. The third-order valence-electron chi connectivity index (χ3n) is 4.81. The van der Waals surface area contributed by atoms with Crippen LogP contribution in [0.3, 0.4) is 0 Å². The maximum Gasteiger partial charge on any atom is 0.413 e. The highest BCUT2D eigenvalue weighted by molar-refractivity contribution is 6.03. The van der Waals surface area contributed by atoms with Crippen LogP contribution in [0.1, 0.15) is 46.0 Å². The van der Waals surface area contributed by atoms with Crippen molar-refractivity contribution in [3.63, 3.8) is 0 Å². The summed E-state index contributed by atoms with van der Waals surface area (Å²) in [4.78, 5) is 29.5. The smallest absolute Gasteiger partial charge is 0.413 e. The van der Waals surface area contributed by atoms with E-state index in [-0.39, 0.29) is 25.7 Å². The second kappa shape index (κ2) is 10.4. The molecule has 1 saturated heterocycles. The van der Waals surface area contributed by atoms with Crippen LogP contribution in [0.2, 0.25) is 0 Å². The summed E-state index contributed by atoms with van der Waals surface area (Å²) < 4.78 is 10.7. The van der Waals surface area contributed by atoms with Gasteiger partial charge < -0.3 is 19.7 Å². The molecule has 0 aromatic heterocycles. The highest BCUT2D eigenvalue weighted by Crippen LogP contribution is 2.23. The summed E-state index contributed by atoms with van der Waals surface area (Å²) in [5.74, 6) is 0.333. The van der Waals surface area contributed by atoms with Crippen LogP contribution in [-0.4, -0.2) is 71.5 Å². The average molecular weight is 386 g/mol. The standard InChI is InChI=1S/C17H30N4O6/c1-3-5-6-11(4-2)9-26-17(25)20-15-18-10-21(16(24)19-15)14-7-12(23)13(8-22)27-14/h11-14,22-23H,3-10H2,1-2H3,(H2,18,19,20,24,25). The predicted octanol–water partition coefficient (Wildman–Crippen LogP) is 0.736. The molecule has 2 rings (SSSR count). The van der Waals surface area contributed by atoms with E-state index < -0.39 is 30.6 Å². The molecule has 27 heavy (non-hydrogen) atoms. The summed E-state index contributed by atoms with van der Waals surface area (Å²) in [6.45, 7) is 4.14. The van der Waals surface area contributed by atoms with Crippen molar-refractivity contribution in [2.75, 3.05) is 19.9 Å². The minimum atomic E-state index is -0.842. The van der Waals surface area contributed by atoms with Crippen molar-refractivity contribution in [1.82, 2.24) is 15.5 Å². The van der Waals surface area contributed by atoms with Crippen LogP contribution < -0.4 is 10.6 Å². The number of carbonyl (C=O) groups excluding carboxylic acids is 2. The third kappa shape index (κ3) is 6.05. The number of aliphatic hydroxyl groups excluding tert-OH is 2. The number of urea groups is 1. The van der Waals surface area contributed by atoms with Gasteiger partial charge in [0.15, 0.2) is 0 Å². The van der Waals surface area contributed by atoms with Crippen LogP contribution in [-0.2, 0) is 9.47 Å². The fourth-order valence-electron chi connectivity index (χ4n) is 3.01. The summed E-state index contributed by atoms with van der Waals surface area (Å²) in [6, 6.07) is -0.509. The van der Waals surface area contributed by atoms with Crippen molar-refractivity contribution in [3.05, 3.63) is 0 Å². The summed E-state index contributed by atoms with van der Waals surface area (Å²) in [6.07, 6.45) is 1.42. The van der Waals surface area contributed by atoms with Gasteiger partial charge in [0.1, 0.15) is 19.0 Å². The Bertz CT molecular complexity index is 544. The van der Waals surface area contributed by atoms with Crippen molar-refractivity contribution < 1.29 is 29.3 Å². The average Bonchev–Trinajstić information content (AvgIpc) is 3.02. The van der Waals surface area contributed by atoms with Gasteiger partial charge in [-0.3, -0.25) is 15.5 Å². The van der Waals surface area contributed by atoms with Crippen molar-refractivity contribution in [2.45, 2.75) is 64.4 Å². The molecule has 4 N–H and O–H groups in total. The van der Waals surface area contributed by atoms with Gasteiger partial charge in [0.05, 0.1) is 19.3 Å². The molecular formula is C17H30N4O6. The van der Waals surface area contributed by atoms with Crippen LogP contribution in [0.4, 0.5) is 9.59 Å². The molecule has 2 aliphatic heterocycles. The number of aliphatic imine (C=N–C) groups is 1. The van der Waals surface area contributed by atoms with Crippen LogP contribution >= 0.6 is 0 Å². The van der Waals surface area contributed by atoms with E-state index in [1.165, 1.54) is 4.90 Å². The Morgan fingerprint density at radius 1 is 1.52 bits per heavy atom. The first-order valence-corrected chi connectivity index (χ1v) is 9.48. The lowest BCUT2D eigenvalue weighted by molar-refractivity contribution is -0.0637. The first kappa shape index (κ1) is 21.4. The Morgan fingerprint density at radius 2 is 2.30 bits per heavy atom. The van der Waals surface area contributed by atoms with Crippen LogP contribution in [0.5, 0.6) is 0 Å². The van der Waals surface area contributed by atoms with Crippen molar-refractivity contribution >= 4 is 18.1 Å². The van der Waals surface area contributed by atoms with E-state index in [2.05, 4.69) is 29.5 Å². The molecule has 0 aliphatic carbocycles. The van der Waals surface area contributed by atoms with E-state index in [4.69, 9.17) is 14.6 Å². The molecule has 4 atom stereocenters. The highest BCUT2D eigenvalue weighted by atomic mass is 16.6. The van der Waals surface area contributed by atoms with Gasteiger partial charge in [-0.2, -0.15) is 0 Å². The molecule has 1 fully saturated rings. The quantitative estimate of drug-likeness (QED) is 0.486. The van der Waals surface area contributed by atoms with E-state index in [0.29, 0.717) is 12.5 Å². The number of amides is 3. The Kier molecular flexibility index (Phi) is 8.26. The molecule has 2 aliphatic rings. The normalized spacial score (nSPS) is 26.4. The monoisotopic (exact) mass is 386 g/mol. The number of nitrogens with one attached hydrogen (secondary N) is 2. The molecule has 3 amide bonds. The third-order valence-corrected chi connectivity index (χ3v) is 4.81. The van der Waals surface area contributed by atoms with E-state index in [0.717, 1.165) is 25.7 Å². The fraction of sp³-hybridized carbons (Fsp3) is 0.824. The molecule has 0 spiro atoms. The number of unbranched alkanes of at least 4 members (excludes halogenated alkanes) is 1. The number of guanidine groups is 1. The Hall–Kier alpha value is -1.91. The minimum absolute atomic E-state index is 0.0140. The van der Waals surface area contributed by atoms with Gasteiger partial charge >= 0.3 is 12.1 Å². The molecule has 154 valence electrons. The summed E-state index contributed by atoms with van der Waals surface area (Å²) in [5.41, 5.74) is 0. The minimum Gasteiger partial charge on any atom is -0.449 e. The highest BCUT2D eigenvalue weighted by Gasteiger charge is 2.39. The number of hydrogen-bond donors (Lipinski definition) is 4. The molecule has 10 nitrogen and oxygen atoms in total. The molecule has 0 aromatic rings. The van der Waals surface area contributed by atoms with Gasteiger partial charge in [-0.1, -0.05) is 33.1 Å². The zero-order chi connectivity index (χ0) is 19.8. The Labute approximate surface area is 158 Å². The second-order valence-electron chi connectivity index (χ2n) is 6.80. The maximum atomic E-state index is 12.2. The first-order valence-electron chi connectivity index (χ1n) is 9.48. The topological polar surface area (TPSA) is 133 Å². The lowest BCUT2D eigenvalue weighted by Gasteiger charge is -2.30. The van der Waals surface area contributed by atoms with Gasteiger partial charge in [0, 0.05) is 6.42 Å². The molecule has 0 radical (unpaired) electrons. The van der Waals surface area contributed by atoms with E-state index >= 15 is 0 Å². The number of aliphatic hydroxyl groups is 2. The Morgan fingerprint density at radius 3 is 2.89 bits per heavy atom. The number of carbonyl (C=O) groups is 2. The Balaban J connectivity index is 1.79. The van der Waals surface area contributed by atoms with E-state index in [1.807, 2.05) is 0 Å². The number of nitrogens with zero attached hydrogens (tertiary/aromatic N) is 2. The molecular weight excluding hydrogens is 356 g/mol. The predicted molar refractivity (Wildman–Crippen MR) is 96.8 cm³/mol. The SMILES string of the molecule is CCCCC(CC)COC(=O)NC1=NCN(C2CC(O)C(CO)O2)C(=O)N1. The number of alkyl carbamates (subject to hydrolysis) is 1. The lowest BCUT2D eigenvalue weighted by Crippen LogP contribution is -2.56. The number of rotatable bonds is 8. The number of ether oxygens (including phenoxy) is 2.